The summed E-state index contributed by atoms with van der Waals surface area (Å²) in [6, 6.07) is 6.89. The molecule has 2 amide bonds. The number of carbonyl (C=O) groups is 2. The number of aromatic nitrogens is 1. The van der Waals surface area contributed by atoms with Crippen LogP contribution >= 0.6 is 0 Å². The van der Waals surface area contributed by atoms with Crippen molar-refractivity contribution in [2.75, 3.05) is 19.8 Å². The third kappa shape index (κ3) is 4.22. The van der Waals surface area contributed by atoms with Crippen molar-refractivity contribution < 1.29 is 14.3 Å². The Morgan fingerprint density at radius 1 is 1.34 bits per heavy atom. The molecule has 1 fully saturated rings. The third-order valence-corrected chi connectivity index (χ3v) is 5.37. The number of hydrogen-bond acceptors (Lipinski definition) is 5. The molecule has 2 aliphatic heterocycles. The topological polar surface area (TPSA) is 109 Å². The quantitative estimate of drug-likeness (QED) is 0.671. The highest BCUT2D eigenvalue weighted by atomic mass is 16.5. The maximum atomic E-state index is 12.7. The molecule has 3 N–H and O–H groups in total. The molecule has 0 bridgehead atoms. The Morgan fingerprint density at radius 3 is 2.97 bits per heavy atom. The Kier molecular flexibility index (Phi) is 5.71. The van der Waals surface area contributed by atoms with Gasteiger partial charge in [0, 0.05) is 55.2 Å². The summed E-state index contributed by atoms with van der Waals surface area (Å²) in [5, 5.41) is 14.3. The number of benzene rings is 1. The number of nitrogens with one attached hydrogen (secondary N) is 3. The van der Waals surface area contributed by atoms with E-state index in [4.69, 9.17) is 10.1 Å². The van der Waals surface area contributed by atoms with Crippen molar-refractivity contribution in [2.24, 2.45) is 4.99 Å². The van der Waals surface area contributed by atoms with Gasteiger partial charge in [-0.2, -0.15) is 0 Å². The molecule has 0 spiro atoms. The second-order valence-electron chi connectivity index (χ2n) is 7.37. The summed E-state index contributed by atoms with van der Waals surface area (Å²) in [5.74, 6) is -0.356. The van der Waals surface area contributed by atoms with E-state index < -0.39 is 6.04 Å². The first-order chi connectivity index (χ1) is 14.2. The van der Waals surface area contributed by atoms with Crippen LogP contribution in [0.15, 0.2) is 29.3 Å². The molecular weight excluding hydrogens is 370 g/mol. The van der Waals surface area contributed by atoms with Gasteiger partial charge in [0.05, 0.1) is 12.1 Å². The van der Waals surface area contributed by atoms with Crippen LogP contribution in [0, 0.1) is 5.41 Å². The van der Waals surface area contributed by atoms with Crippen molar-refractivity contribution in [1.29, 1.82) is 5.41 Å². The summed E-state index contributed by atoms with van der Waals surface area (Å²) in [4.78, 5) is 29.5. The summed E-state index contributed by atoms with van der Waals surface area (Å²) in [7, 11) is 0. The van der Waals surface area contributed by atoms with E-state index in [1.807, 2.05) is 22.8 Å². The van der Waals surface area contributed by atoms with Crippen LogP contribution in [0.5, 0.6) is 0 Å². The maximum Gasteiger partial charge on any atom is 0.267 e. The van der Waals surface area contributed by atoms with Gasteiger partial charge in [0.15, 0.2) is 0 Å². The average Bonchev–Trinajstić information content (AvgIpc) is 3.02. The van der Waals surface area contributed by atoms with Gasteiger partial charge in [-0.3, -0.25) is 14.6 Å². The first-order valence-electron chi connectivity index (χ1n) is 9.99. The van der Waals surface area contributed by atoms with Crippen LogP contribution in [0.2, 0.25) is 0 Å². The number of rotatable bonds is 5. The molecular formula is C21H25N5O3. The highest BCUT2D eigenvalue weighted by Gasteiger charge is 2.20. The minimum absolute atomic E-state index is 0.0853. The highest BCUT2D eigenvalue weighted by molar-refractivity contribution is 6.04. The van der Waals surface area contributed by atoms with Crippen LogP contribution in [0.3, 0.4) is 0 Å². The number of carbonyl (C=O) groups excluding carboxylic acids is 2. The van der Waals surface area contributed by atoms with Crippen LogP contribution in [0.4, 0.5) is 0 Å². The van der Waals surface area contributed by atoms with Crippen molar-refractivity contribution in [1.82, 2.24) is 15.2 Å². The summed E-state index contributed by atoms with van der Waals surface area (Å²) < 4.78 is 7.29. The van der Waals surface area contributed by atoms with Gasteiger partial charge in [0.2, 0.25) is 0 Å². The van der Waals surface area contributed by atoms with Gasteiger partial charge in [-0.25, -0.2) is 0 Å². The predicted octanol–water partition coefficient (Wildman–Crippen LogP) is 1.77. The van der Waals surface area contributed by atoms with E-state index in [2.05, 4.69) is 15.6 Å². The molecule has 1 aromatic carbocycles. The lowest BCUT2D eigenvalue weighted by molar-refractivity contribution is 0.0870. The molecule has 4 rings (SSSR count). The second kappa shape index (κ2) is 8.57. The van der Waals surface area contributed by atoms with Crippen LogP contribution < -0.4 is 10.6 Å². The lowest BCUT2D eigenvalue weighted by atomic mass is 10.1. The Balaban J connectivity index is 1.51. The van der Waals surface area contributed by atoms with E-state index in [1.165, 1.54) is 6.21 Å². The molecule has 8 nitrogen and oxygen atoms in total. The zero-order valence-corrected chi connectivity index (χ0v) is 16.2. The molecule has 29 heavy (non-hydrogen) atoms. The van der Waals surface area contributed by atoms with Gasteiger partial charge in [0.25, 0.3) is 11.8 Å². The SMILES string of the molecule is N=CC(C=NC1CCOCC1)NC(=O)c1ccc2cc3n(c2c1)CCCNC3=O. The van der Waals surface area contributed by atoms with Crippen molar-refractivity contribution >= 4 is 35.1 Å². The fourth-order valence-corrected chi connectivity index (χ4v) is 3.76. The molecule has 1 unspecified atom stereocenters. The number of aliphatic imine (C=N–C) groups is 1. The summed E-state index contributed by atoms with van der Waals surface area (Å²) in [6.45, 7) is 2.77. The highest BCUT2D eigenvalue weighted by Crippen LogP contribution is 2.23. The van der Waals surface area contributed by atoms with Gasteiger partial charge in [0.1, 0.15) is 5.69 Å². The zero-order valence-electron chi connectivity index (χ0n) is 16.2. The fourth-order valence-electron chi connectivity index (χ4n) is 3.76. The van der Waals surface area contributed by atoms with E-state index in [9.17, 15) is 9.59 Å². The number of aryl methyl sites for hydroxylation is 1. The zero-order chi connectivity index (χ0) is 20.2. The first-order valence-corrected chi connectivity index (χ1v) is 9.99. The molecule has 1 saturated heterocycles. The molecule has 2 aliphatic rings. The molecule has 0 radical (unpaired) electrons. The molecule has 1 atom stereocenters. The molecule has 1 aromatic heterocycles. The number of amides is 2. The minimum atomic E-state index is -0.559. The monoisotopic (exact) mass is 395 g/mol. The molecule has 0 saturated carbocycles. The van der Waals surface area contributed by atoms with Gasteiger partial charge >= 0.3 is 0 Å². The maximum absolute atomic E-state index is 12.7. The standard InChI is InChI=1S/C21H25N5O3/c22-12-17(13-24-16-4-8-29-9-5-16)25-20(27)15-3-2-14-10-19-21(28)23-6-1-7-26(19)18(14)11-15/h2-3,10-13,16-17,22H,1,4-9H2,(H,23,28)(H,25,27). The first kappa shape index (κ1) is 19.3. The van der Waals surface area contributed by atoms with Gasteiger partial charge in [-0.1, -0.05) is 6.07 Å². The van der Waals surface area contributed by atoms with Gasteiger partial charge < -0.3 is 25.3 Å². The Bertz CT molecular complexity index is 959. The fraction of sp³-hybridized carbons (Fsp3) is 0.429. The number of ether oxygens (including phenoxy) is 1. The largest absolute Gasteiger partial charge is 0.381 e. The lowest BCUT2D eigenvalue weighted by Crippen LogP contribution is -2.37. The summed E-state index contributed by atoms with van der Waals surface area (Å²) in [6.07, 6.45) is 5.37. The Morgan fingerprint density at radius 2 is 2.17 bits per heavy atom. The van der Waals surface area contributed by atoms with E-state index in [-0.39, 0.29) is 17.9 Å². The molecule has 152 valence electrons. The van der Waals surface area contributed by atoms with Crippen molar-refractivity contribution in [3.8, 4) is 0 Å². The summed E-state index contributed by atoms with van der Waals surface area (Å²) in [5.41, 5.74) is 1.98. The molecule has 2 aromatic rings. The lowest BCUT2D eigenvalue weighted by Gasteiger charge is -2.19. The van der Waals surface area contributed by atoms with Gasteiger partial charge in [-0.05, 0) is 37.5 Å². The van der Waals surface area contributed by atoms with Crippen LogP contribution in [0.1, 0.15) is 40.1 Å². The normalized spacial score (nSPS) is 18.8. The number of fused-ring (bicyclic) bond motifs is 3. The van der Waals surface area contributed by atoms with E-state index in [0.29, 0.717) is 31.0 Å². The average molecular weight is 395 g/mol. The van der Waals surface area contributed by atoms with Crippen molar-refractivity contribution in [2.45, 2.75) is 37.9 Å². The second-order valence-corrected chi connectivity index (χ2v) is 7.37. The molecule has 0 aliphatic carbocycles. The molecule has 8 heteroatoms. The van der Waals surface area contributed by atoms with Crippen LogP contribution in [-0.2, 0) is 11.3 Å². The minimum Gasteiger partial charge on any atom is -0.381 e. The summed E-state index contributed by atoms with van der Waals surface area (Å²) >= 11 is 0. The smallest absolute Gasteiger partial charge is 0.267 e. The van der Waals surface area contributed by atoms with Gasteiger partial charge in [-0.15, -0.1) is 0 Å². The predicted molar refractivity (Wildman–Crippen MR) is 111 cm³/mol. The van der Waals surface area contributed by atoms with E-state index in [0.717, 1.165) is 36.7 Å². The van der Waals surface area contributed by atoms with Crippen molar-refractivity contribution in [3.63, 3.8) is 0 Å². The van der Waals surface area contributed by atoms with E-state index >= 15 is 0 Å². The van der Waals surface area contributed by atoms with E-state index in [1.54, 1.807) is 12.3 Å². The number of nitrogens with zero attached hydrogens (tertiary/aromatic N) is 2. The van der Waals surface area contributed by atoms with Crippen LogP contribution in [-0.4, -0.2) is 60.7 Å². The Hall–Kier alpha value is -3.00. The number of hydrogen-bond donors (Lipinski definition) is 3. The van der Waals surface area contributed by atoms with Crippen molar-refractivity contribution in [3.05, 3.63) is 35.5 Å². The third-order valence-electron chi connectivity index (χ3n) is 5.37. The Labute approximate surface area is 168 Å². The van der Waals surface area contributed by atoms with Crippen LogP contribution in [0.25, 0.3) is 10.9 Å². The molecule has 3 heterocycles.